The Balaban J connectivity index is 2.22. The highest BCUT2D eigenvalue weighted by Crippen LogP contribution is 2.32. The van der Waals surface area contributed by atoms with Gasteiger partial charge in [0.1, 0.15) is 0 Å². The van der Waals surface area contributed by atoms with Crippen LogP contribution < -0.4 is 0 Å². The van der Waals surface area contributed by atoms with Gasteiger partial charge in [-0.15, -0.1) is 0 Å². The van der Waals surface area contributed by atoms with Gasteiger partial charge in [-0.3, -0.25) is 0 Å². The zero-order valence-electron chi connectivity index (χ0n) is 9.96. The number of rotatable bonds is 3. The molecular formula is C15H13BrClI. The monoisotopic (exact) mass is 434 g/mol. The minimum Gasteiger partial charge on any atom is -0.0843 e. The van der Waals surface area contributed by atoms with Crippen LogP contribution in [0.3, 0.4) is 0 Å². The van der Waals surface area contributed by atoms with Crippen molar-refractivity contribution >= 4 is 50.1 Å². The molecule has 2 rings (SSSR count). The third-order valence-corrected chi connectivity index (χ3v) is 5.39. The van der Waals surface area contributed by atoms with E-state index in [1.54, 1.807) is 0 Å². The van der Waals surface area contributed by atoms with Gasteiger partial charge in [-0.1, -0.05) is 57.9 Å². The van der Waals surface area contributed by atoms with E-state index >= 15 is 0 Å². The first kappa shape index (κ1) is 14.4. The Morgan fingerprint density at radius 3 is 2.67 bits per heavy atom. The lowest BCUT2D eigenvalue weighted by Gasteiger charge is -2.14. The average molecular weight is 436 g/mol. The molecule has 0 nitrogen and oxygen atoms in total. The molecule has 0 aliphatic carbocycles. The number of hydrogen-bond donors (Lipinski definition) is 0. The molecule has 1 unspecified atom stereocenters. The van der Waals surface area contributed by atoms with E-state index in [4.69, 9.17) is 11.6 Å². The number of aryl methyl sites for hydroxylation is 1. The van der Waals surface area contributed by atoms with Crippen LogP contribution in [0.2, 0.25) is 5.02 Å². The first-order valence-corrected chi connectivity index (χ1v) is 8.08. The van der Waals surface area contributed by atoms with Crippen molar-refractivity contribution in [3.8, 4) is 0 Å². The van der Waals surface area contributed by atoms with E-state index in [1.807, 2.05) is 18.2 Å². The Kier molecular flexibility index (Phi) is 5.10. The highest BCUT2D eigenvalue weighted by Gasteiger charge is 2.13. The zero-order chi connectivity index (χ0) is 13.1. The summed E-state index contributed by atoms with van der Waals surface area (Å²) in [6, 6.07) is 14.5. The predicted octanol–water partition coefficient (Wildman–Crippen LogP) is 5.93. The SMILES string of the molecule is Cc1cccc(C(Br)Cc2cccc(Cl)c2)c1I. The molecule has 0 saturated carbocycles. The highest BCUT2D eigenvalue weighted by molar-refractivity contribution is 14.1. The molecule has 0 N–H and O–H groups in total. The van der Waals surface area contributed by atoms with E-state index in [9.17, 15) is 0 Å². The van der Waals surface area contributed by atoms with E-state index in [0.717, 1.165) is 11.4 Å². The minimum absolute atomic E-state index is 0.322. The summed E-state index contributed by atoms with van der Waals surface area (Å²) < 4.78 is 1.33. The predicted molar refractivity (Wildman–Crippen MR) is 90.7 cm³/mol. The van der Waals surface area contributed by atoms with Gasteiger partial charge >= 0.3 is 0 Å². The molecule has 0 aliphatic heterocycles. The molecule has 2 aromatic carbocycles. The van der Waals surface area contributed by atoms with Crippen molar-refractivity contribution in [3.63, 3.8) is 0 Å². The van der Waals surface area contributed by atoms with Gasteiger partial charge in [-0.25, -0.2) is 0 Å². The van der Waals surface area contributed by atoms with Gasteiger partial charge in [0, 0.05) is 13.4 Å². The van der Waals surface area contributed by atoms with Gasteiger partial charge in [-0.2, -0.15) is 0 Å². The van der Waals surface area contributed by atoms with Gasteiger partial charge in [0.25, 0.3) is 0 Å². The minimum atomic E-state index is 0.322. The lowest BCUT2D eigenvalue weighted by atomic mass is 10.0. The number of alkyl halides is 1. The second-order valence-corrected chi connectivity index (χ2v) is 6.90. The maximum Gasteiger partial charge on any atom is 0.0446 e. The zero-order valence-corrected chi connectivity index (χ0v) is 14.5. The molecule has 2 aromatic rings. The van der Waals surface area contributed by atoms with Gasteiger partial charge in [0.15, 0.2) is 0 Å². The Labute approximate surface area is 135 Å². The molecule has 0 aliphatic rings. The second kappa shape index (κ2) is 6.40. The van der Waals surface area contributed by atoms with E-state index in [-0.39, 0.29) is 0 Å². The van der Waals surface area contributed by atoms with Gasteiger partial charge in [0.2, 0.25) is 0 Å². The van der Waals surface area contributed by atoms with Gasteiger partial charge < -0.3 is 0 Å². The summed E-state index contributed by atoms with van der Waals surface area (Å²) in [4.78, 5) is 0.322. The first-order valence-electron chi connectivity index (χ1n) is 5.71. The number of halogens is 3. The smallest absolute Gasteiger partial charge is 0.0446 e. The van der Waals surface area contributed by atoms with Crippen molar-refractivity contribution in [3.05, 3.63) is 67.7 Å². The first-order chi connectivity index (χ1) is 8.58. The fourth-order valence-corrected chi connectivity index (χ4v) is 4.02. The molecule has 3 heteroatoms. The molecule has 0 bridgehead atoms. The van der Waals surface area contributed by atoms with Crippen LogP contribution in [0.5, 0.6) is 0 Å². The molecule has 0 heterocycles. The summed E-state index contributed by atoms with van der Waals surface area (Å²) in [5.74, 6) is 0. The van der Waals surface area contributed by atoms with E-state index in [0.29, 0.717) is 4.83 Å². The van der Waals surface area contributed by atoms with Crippen LogP contribution in [0.4, 0.5) is 0 Å². The van der Waals surface area contributed by atoms with Crippen molar-refractivity contribution in [2.45, 2.75) is 18.2 Å². The lowest BCUT2D eigenvalue weighted by Crippen LogP contribution is -1.99. The molecular weight excluding hydrogens is 422 g/mol. The maximum absolute atomic E-state index is 6.01. The summed E-state index contributed by atoms with van der Waals surface area (Å²) in [5.41, 5.74) is 3.92. The van der Waals surface area contributed by atoms with Crippen LogP contribution in [0.25, 0.3) is 0 Å². The molecule has 1 atom stereocenters. The molecule has 0 aromatic heterocycles. The largest absolute Gasteiger partial charge is 0.0843 e. The Hall–Kier alpha value is -0.0600. The van der Waals surface area contributed by atoms with Crippen LogP contribution in [-0.4, -0.2) is 0 Å². The highest BCUT2D eigenvalue weighted by atomic mass is 127. The van der Waals surface area contributed by atoms with Crippen LogP contribution in [0.15, 0.2) is 42.5 Å². The normalized spacial score (nSPS) is 12.4. The van der Waals surface area contributed by atoms with E-state index < -0.39 is 0 Å². The molecule has 94 valence electrons. The quantitative estimate of drug-likeness (QED) is 0.414. The Bertz CT molecular complexity index is 554. The van der Waals surface area contributed by atoms with Crippen molar-refractivity contribution in [1.82, 2.24) is 0 Å². The van der Waals surface area contributed by atoms with Crippen molar-refractivity contribution in [2.24, 2.45) is 0 Å². The third kappa shape index (κ3) is 3.49. The Morgan fingerprint density at radius 2 is 1.94 bits per heavy atom. The van der Waals surface area contributed by atoms with Crippen LogP contribution in [0, 0.1) is 10.5 Å². The van der Waals surface area contributed by atoms with Crippen LogP contribution in [0.1, 0.15) is 21.5 Å². The van der Waals surface area contributed by atoms with Crippen molar-refractivity contribution in [1.29, 1.82) is 0 Å². The molecule has 18 heavy (non-hydrogen) atoms. The Morgan fingerprint density at radius 1 is 1.22 bits per heavy atom. The van der Waals surface area contributed by atoms with Crippen LogP contribution in [-0.2, 0) is 6.42 Å². The van der Waals surface area contributed by atoms with Gasteiger partial charge in [-0.05, 0) is 64.8 Å². The summed E-state index contributed by atoms with van der Waals surface area (Å²) in [6.07, 6.45) is 0.944. The van der Waals surface area contributed by atoms with E-state index in [2.05, 4.69) is 69.7 Å². The van der Waals surface area contributed by atoms with Gasteiger partial charge in [0.05, 0.1) is 0 Å². The third-order valence-electron chi connectivity index (χ3n) is 2.86. The second-order valence-electron chi connectivity index (χ2n) is 4.28. The fraction of sp³-hybridized carbons (Fsp3) is 0.200. The number of hydrogen-bond acceptors (Lipinski definition) is 0. The maximum atomic E-state index is 6.01. The fourth-order valence-electron chi connectivity index (χ4n) is 1.89. The molecule has 0 amide bonds. The summed E-state index contributed by atoms with van der Waals surface area (Å²) in [7, 11) is 0. The van der Waals surface area contributed by atoms with E-state index in [1.165, 1.54) is 20.3 Å². The topological polar surface area (TPSA) is 0 Å². The van der Waals surface area contributed by atoms with Crippen molar-refractivity contribution in [2.75, 3.05) is 0 Å². The van der Waals surface area contributed by atoms with Crippen LogP contribution >= 0.6 is 50.1 Å². The van der Waals surface area contributed by atoms with Crippen molar-refractivity contribution < 1.29 is 0 Å². The summed E-state index contributed by atoms with van der Waals surface area (Å²) in [5, 5.41) is 0.797. The average Bonchev–Trinajstić information content (AvgIpc) is 2.32. The molecule has 0 radical (unpaired) electrons. The summed E-state index contributed by atoms with van der Waals surface area (Å²) >= 11 is 12.2. The standard InChI is InChI=1S/C15H13BrClI/c1-10-4-2-7-13(15(10)18)14(16)9-11-5-3-6-12(17)8-11/h2-8,14H,9H2,1H3. The molecule has 0 spiro atoms. The summed E-state index contributed by atoms with van der Waals surface area (Å²) in [6.45, 7) is 2.14. The molecule has 0 saturated heterocycles. The number of benzene rings is 2. The lowest BCUT2D eigenvalue weighted by molar-refractivity contribution is 0.940. The molecule has 0 fully saturated rings.